The first-order valence-electron chi connectivity index (χ1n) is 10.6. The Morgan fingerprint density at radius 3 is 2.33 bits per heavy atom. The van der Waals surface area contributed by atoms with E-state index < -0.39 is 17.8 Å². The topological polar surface area (TPSA) is 71.4 Å². The van der Waals surface area contributed by atoms with Crippen molar-refractivity contribution in [2.45, 2.75) is 13.5 Å². The number of aryl methyl sites for hydroxylation is 1. The molecule has 1 saturated heterocycles. The molecule has 0 atom stereocenters. The molecule has 6 nitrogen and oxygen atoms in total. The minimum atomic E-state index is -0.747. The van der Waals surface area contributed by atoms with Crippen molar-refractivity contribution in [2.75, 3.05) is 4.90 Å². The number of barbiturate groups is 1. The second-order valence-electron chi connectivity index (χ2n) is 7.96. The smallest absolute Gasteiger partial charge is 0.335 e. The summed E-state index contributed by atoms with van der Waals surface area (Å²) in [7, 11) is 0. The van der Waals surface area contributed by atoms with Gasteiger partial charge in [-0.2, -0.15) is 0 Å². The van der Waals surface area contributed by atoms with E-state index in [1.807, 2.05) is 67.7 Å². The van der Waals surface area contributed by atoms with Gasteiger partial charge < -0.3 is 4.57 Å². The van der Waals surface area contributed by atoms with E-state index in [0.29, 0.717) is 12.2 Å². The van der Waals surface area contributed by atoms with E-state index in [-0.39, 0.29) is 5.57 Å². The van der Waals surface area contributed by atoms with Gasteiger partial charge in [-0.15, -0.1) is 0 Å². The van der Waals surface area contributed by atoms with Crippen molar-refractivity contribution in [3.63, 3.8) is 0 Å². The maximum Gasteiger partial charge on any atom is 0.335 e. The maximum absolute atomic E-state index is 13.3. The largest absolute Gasteiger partial charge is 0.342 e. The van der Waals surface area contributed by atoms with E-state index in [4.69, 9.17) is 0 Å². The second kappa shape index (κ2) is 8.24. The number of amides is 4. The van der Waals surface area contributed by atoms with Crippen LogP contribution in [0.25, 0.3) is 17.0 Å². The van der Waals surface area contributed by atoms with Crippen LogP contribution in [0.15, 0.2) is 90.6 Å². The minimum Gasteiger partial charge on any atom is -0.342 e. The van der Waals surface area contributed by atoms with Gasteiger partial charge in [0.05, 0.1) is 5.69 Å². The highest BCUT2D eigenvalue weighted by atomic mass is 16.2. The van der Waals surface area contributed by atoms with Crippen LogP contribution in [0.3, 0.4) is 0 Å². The van der Waals surface area contributed by atoms with Crippen molar-refractivity contribution in [1.82, 2.24) is 9.88 Å². The van der Waals surface area contributed by atoms with Crippen LogP contribution in [0.4, 0.5) is 10.5 Å². The standard InChI is InChI=1S/C27H21N3O3/c1-18-9-5-7-13-23(18)30-26(32)22(25(31)28-27(30)33)15-20-17-29(16-19-10-3-2-4-11-19)24-14-8-6-12-21(20)24/h2-15,17H,16H2,1H3,(H,28,31,33)/b22-15-. The van der Waals surface area contributed by atoms with Crippen LogP contribution < -0.4 is 10.2 Å². The summed E-state index contributed by atoms with van der Waals surface area (Å²) in [5.41, 5.74) is 3.99. The van der Waals surface area contributed by atoms with Crippen LogP contribution >= 0.6 is 0 Å². The number of carbonyl (C=O) groups excluding carboxylic acids is 3. The first-order valence-corrected chi connectivity index (χ1v) is 10.6. The van der Waals surface area contributed by atoms with Crippen molar-refractivity contribution in [3.05, 3.63) is 107 Å². The summed E-state index contributed by atoms with van der Waals surface area (Å²) >= 11 is 0. The maximum atomic E-state index is 13.3. The number of nitrogens with one attached hydrogen (secondary N) is 1. The zero-order valence-electron chi connectivity index (χ0n) is 18.0. The van der Waals surface area contributed by atoms with E-state index in [1.165, 1.54) is 0 Å². The van der Waals surface area contributed by atoms with Crippen molar-refractivity contribution in [3.8, 4) is 0 Å². The van der Waals surface area contributed by atoms with Crippen molar-refractivity contribution >= 4 is 40.5 Å². The van der Waals surface area contributed by atoms with Crippen molar-refractivity contribution < 1.29 is 14.4 Å². The highest BCUT2D eigenvalue weighted by Crippen LogP contribution is 2.28. The predicted molar refractivity (Wildman–Crippen MR) is 128 cm³/mol. The lowest BCUT2D eigenvalue weighted by Crippen LogP contribution is -2.54. The molecule has 3 aromatic carbocycles. The summed E-state index contributed by atoms with van der Waals surface area (Å²) in [6.07, 6.45) is 3.50. The van der Waals surface area contributed by atoms with Crippen LogP contribution in [-0.2, 0) is 16.1 Å². The Hall–Kier alpha value is -4.45. The first kappa shape index (κ1) is 20.5. The summed E-state index contributed by atoms with van der Waals surface area (Å²) in [5.74, 6) is -1.34. The lowest BCUT2D eigenvalue weighted by Gasteiger charge is -2.27. The number of aromatic nitrogens is 1. The molecule has 1 aliphatic rings. The Bertz CT molecular complexity index is 1430. The van der Waals surface area contributed by atoms with Gasteiger partial charge in [0.25, 0.3) is 11.8 Å². The number of para-hydroxylation sites is 2. The Morgan fingerprint density at radius 2 is 1.55 bits per heavy atom. The molecule has 4 amide bonds. The van der Waals surface area contributed by atoms with Gasteiger partial charge in [-0.1, -0.05) is 66.7 Å². The van der Waals surface area contributed by atoms with Gasteiger partial charge in [0.1, 0.15) is 5.57 Å². The van der Waals surface area contributed by atoms with Crippen LogP contribution in [0.2, 0.25) is 0 Å². The second-order valence-corrected chi connectivity index (χ2v) is 7.96. The first-order chi connectivity index (χ1) is 16.0. The molecule has 162 valence electrons. The number of hydrogen-bond acceptors (Lipinski definition) is 3. The van der Waals surface area contributed by atoms with Gasteiger partial charge in [-0.3, -0.25) is 14.9 Å². The Balaban J connectivity index is 1.59. The Kier molecular flexibility index (Phi) is 5.11. The van der Waals surface area contributed by atoms with E-state index in [1.54, 1.807) is 18.2 Å². The monoisotopic (exact) mass is 435 g/mol. The SMILES string of the molecule is Cc1ccccc1N1C(=O)NC(=O)/C(=C/c2cn(Cc3ccccc3)c3ccccc23)C1=O. The molecular formula is C27H21N3O3. The molecule has 5 rings (SSSR count). The quantitative estimate of drug-likeness (QED) is 0.374. The third-order valence-corrected chi connectivity index (χ3v) is 5.77. The number of hydrogen-bond donors (Lipinski definition) is 1. The van der Waals surface area contributed by atoms with Gasteiger partial charge in [0, 0.05) is 29.2 Å². The number of fused-ring (bicyclic) bond motifs is 1. The highest BCUT2D eigenvalue weighted by Gasteiger charge is 2.37. The molecule has 1 aromatic heterocycles. The molecule has 0 saturated carbocycles. The summed E-state index contributed by atoms with van der Waals surface area (Å²) in [4.78, 5) is 39.5. The average molecular weight is 435 g/mol. The van der Waals surface area contributed by atoms with Crippen LogP contribution in [0.5, 0.6) is 0 Å². The molecule has 0 unspecified atom stereocenters. The number of carbonyl (C=O) groups is 3. The molecule has 0 radical (unpaired) electrons. The summed E-state index contributed by atoms with van der Waals surface area (Å²) in [6, 6.07) is 24.2. The van der Waals surface area contributed by atoms with Gasteiger partial charge in [0.2, 0.25) is 0 Å². The number of rotatable bonds is 4. The van der Waals surface area contributed by atoms with Crippen LogP contribution in [-0.4, -0.2) is 22.4 Å². The molecule has 1 N–H and O–H groups in total. The predicted octanol–water partition coefficient (Wildman–Crippen LogP) is 4.66. The molecule has 2 heterocycles. The van der Waals surface area contributed by atoms with E-state index in [0.717, 1.165) is 32.5 Å². The fourth-order valence-electron chi connectivity index (χ4n) is 4.15. The lowest BCUT2D eigenvalue weighted by atomic mass is 10.1. The van der Waals surface area contributed by atoms with Crippen LogP contribution in [0, 0.1) is 6.92 Å². The fraction of sp³-hybridized carbons (Fsp3) is 0.0741. The van der Waals surface area contributed by atoms with E-state index in [9.17, 15) is 14.4 Å². The van der Waals surface area contributed by atoms with Crippen LogP contribution in [0.1, 0.15) is 16.7 Å². The van der Waals surface area contributed by atoms with Gasteiger partial charge >= 0.3 is 6.03 Å². The minimum absolute atomic E-state index is 0.0829. The third-order valence-electron chi connectivity index (χ3n) is 5.77. The van der Waals surface area contributed by atoms with Gasteiger partial charge in [0.15, 0.2) is 0 Å². The Labute approximate surface area is 190 Å². The van der Waals surface area contributed by atoms with E-state index in [2.05, 4.69) is 22.0 Å². The summed E-state index contributed by atoms with van der Waals surface area (Å²) < 4.78 is 2.09. The molecule has 1 aliphatic heterocycles. The number of anilines is 1. The fourth-order valence-corrected chi connectivity index (χ4v) is 4.15. The zero-order chi connectivity index (χ0) is 22.9. The number of urea groups is 1. The Morgan fingerprint density at radius 1 is 0.848 bits per heavy atom. The molecule has 4 aromatic rings. The van der Waals surface area contributed by atoms with E-state index >= 15 is 0 Å². The van der Waals surface area contributed by atoms with Crippen molar-refractivity contribution in [2.24, 2.45) is 0 Å². The zero-order valence-corrected chi connectivity index (χ0v) is 18.0. The molecule has 0 aliphatic carbocycles. The third kappa shape index (κ3) is 3.72. The number of nitrogens with zero attached hydrogens (tertiary/aromatic N) is 2. The molecule has 6 heteroatoms. The molecule has 33 heavy (non-hydrogen) atoms. The average Bonchev–Trinajstić information content (AvgIpc) is 3.16. The van der Waals surface area contributed by atoms with Gasteiger partial charge in [-0.05, 0) is 36.3 Å². The molecule has 0 spiro atoms. The number of imide groups is 2. The normalized spacial score (nSPS) is 15.4. The van der Waals surface area contributed by atoms with Gasteiger partial charge in [-0.25, -0.2) is 9.69 Å². The summed E-state index contributed by atoms with van der Waals surface area (Å²) in [6.45, 7) is 2.46. The summed E-state index contributed by atoms with van der Waals surface area (Å²) in [5, 5.41) is 3.22. The highest BCUT2D eigenvalue weighted by molar-refractivity contribution is 6.39. The molecular weight excluding hydrogens is 414 g/mol. The van der Waals surface area contributed by atoms with Crippen molar-refractivity contribution in [1.29, 1.82) is 0 Å². The lowest BCUT2D eigenvalue weighted by molar-refractivity contribution is -0.122. The molecule has 0 bridgehead atoms. The molecule has 1 fully saturated rings. The number of benzene rings is 3.